The number of nitrogens with two attached hydrogens (primary N) is 1. The van der Waals surface area contributed by atoms with E-state index >= 15 is 0 Å². The molecule has 0 aliphatic rings. The molecule has 90 valence electrons. The number of hydrogen-bond acceptors (Lipinski definition) is 7. The minimum atomic E-state index is -1.62. The van der Waals surface area contributed by atoms with E-state index in [-0.39, 0.29) is 6.54 Å². The third kappa shape index (κ3) is 5.05. The number of esters is 1. The van der Waals surface area contributed by atoms with Gasteiger partial charge >= 0.3 is 5.97 Å². The Labute approximate surface area is 87.1 Å². The summed E-state index contributed by atoms with van der Waals surface area (Å²) in [5, 5.41) is 36.8. The van der Waals surface area contributed by atoms with Crippen LogP contribution in [0.25, 0.3) is 0 Å². The van der Waals surface area contributed by atoms with Gasteiger partial charge in [-0.3, -0.25) is 4.79 Å². The van der Waals surface area contributed by atoms with Gasteiger partial charge in [-0.05, 0) is 0 Å². The number of ether oxygens (including phenoxy) is 1. The van der Waals surface area contributed by atoms with Crippen LogP contribution in [0.4, 0.5) is 0 Å². The number of carbonyl (C=O) groups excluding carboxylic acids is 1. The molecule has 4 unspecified atom stereocenters. The highest BCUT2D eigenvalue weighted by atomic mass is 16.5. The molecule has 6 N–H and O–H groups in total. The van der Waals surface area contributed by atoms with Gasteiger partial charge in [-0.1, -0.05) is 0 Å². The minimum Gasteiger partial charge on any atom is -0.463 e. The van der Waals surface area contributed by atoms with Crippen LogP contribution in [0.15, 0.2) is 0 Å². The van der Waals surface area contributed by atoms with E-state index in [0.717, 1.165) is 6.92 Å². The summed E-state index contributed by atoms with van der Waals surface area (Å²) in [5.74, 6) is -0.616. The molecule has 0 saturated heterocycles. The van der Waals surface area contributed by atoms with Gasteiger partial charge in [0.2, 0.25) is 0 Å². The van der Waals surface area contributed by atoms with Crippen LogP contribution in [0.2, 0.25) is 0 Å². The molecule has 0 aliphatic carbocycles. The molecule has 0 aromatic heterocycles. The summed E-state index contributed by atoms with van der Waals surface area (Å²) in [6.45, 7) is 0.438. The highest BCUT2D eigenvalue weighted by Crippen LogP contribution is 2.05. The monoisotopic (exact) mass is 223 g/mol. The average molecular weight is 223 g/mol. The van der Waals surface area contributed by atoms with E-state index in [4.69, 9.17) is 10.8 Å². The Bertz CT molecular complexity index is 200. The lowest BCUT2D eigenvalue weighted by atomic mass is 10.0. The Morgan fingerprint density at radius 1 is 1.20 bits per heavy atom. The predicted octanol–water partition coefficient (Wildman–Crippen LogP) is -3.05. The Kier molecular flexibility index (Phi) is 6.37. The van der Waals surface area contributed by atoms with Gasteiger partial charge in [-0.15, -0.1) is 0 Å². The second-order valence-electron chi connectivity index (χ2n) is 3.15. The summed E-state index contributed by atoms with van der Waals surface area (Å²) in [6, 6.07) is 0. The molecule has 0 saturated carbocycles. The first-order valence-electron chi connectivity index (χ1n) is 4.45. The van der Waals surface area contributed by atoms with Crippen LogP contribution in [0.3, 0.4) is 0 Å². The van der Waals surface area contributed by atoms with Crippen molar-refractivity contribution in [2.75, 3.05) is 13.2 Å². The molecule has 0 aliphatic heterocycles. The summed E-state index contributed by atoms with van der Waals surface area (Å²) in [7, 11) is 0. The van der Waals surface area contributed by atoms with Gasteiger partial charge in [0, 0.05) is 13.5 Å². The quantitative estimate of drug-likeness (QED) is 0.302. The average Bonchev–Trinajstić information content (AvgIpc) is 2.22. The lowest BCUT2D eigenvalue weighted by Crippen LogP contribution is -2.48. The van der Waals surface area contributed by atoms with Crippen molar-refractivity contribution in [3.05, 3.63) is 0 Å². The molecule has 0 heterocycles. The Morgan fingerprint density at radius 2 is 1.67 bits per heavy atom. The van der Waals surface area contributed by atoms with E-state index in [0.29, 0.717) is 0 Å². The van der Waals surface area contributed by atoms with Crippen molar-refractivity contribution < 1.29 is 30.0 Å². The topological polar surface area (TPSA) is 133 Å². The molecular formula is C8H17NO6. The molecular weight excluding hydrogens is 206 g/mol. The van der Waals surface area contributed by atoms with Crippen LogP contribution in [0, 0.1) is 0 Å². The lowest BCUT2D eigenvalue weighted by Gasteiger charge is -2.25. The highest BCUT2D eigenvalue weighted by Gasteiger charge is 2.30. The molecule has 7 heteroatoms. The van der Waals surface area contributed by atoms with Crippen LogP contribution in [-0.2, 0) is 9.53 Å². The summed E-state index contributed by atoms with van der Waals surface area (Å²) in [5.41, 5.74) is 5.04. The fraction of sp³-hybridized carbons (Fsp3) is 0.875. The zero-order valence-electron chi connectivity index (χ0n) is 8.41. The maximum absolute atomic E-state index is 10.4. The molecule has 7 nitrogen and oxygen atoms in total. The van der Waals surface area contributed by atoms with Crippen molar-refractivity contribution in [2.45, 2.75) is 31.3 Å². The SMILES string of the molecule is CC(=O)OCC(O)C(O)C(O)C(O)CN. The molecule has 0 spiro atoms. The largest absolute Gasteiger partial charge is 0.463 e. The highest BCUT2D eigenvalue weighted by molar-refractivity contribution is 5.65. The molecule has 0 radical (unpaired) electrons. The van der Waals surface area contributed by atoms with Crippen molar-refractivity contribution in [1.29, 1.82) is 0 Å². The number of aliphatic hydroxyl groups excluding tert-OH is 4. The number of aliphatic hydroxyl groups is 4. The standard InChI is InChI=1S/C8H17NO6/c1-4(10)15-3-6(12)8(14)7(13)5(11)2-9/h5-8,11-14H,2-3,9H2,1H3. The Hall–Kier alpha value is -0.730. The van der Waals surface area contributed by atoms with Gasteiger partial charge in [0.15, 0.2) is 0 Å². The number of carbonyl (C=O) groups is 1. The van der Waals surface area contributed by atoms with Crippen molar-refractivity contribution in [1.82, 2.24) is 0 Å². The first kappa shape index (κ1) is 14.3. The first-order chi connectivity index (χ1) is 6.90. The van der Waals surface area contributed by atoms with Crippen LogP contribution in [0.1, 0.15) is 6.92 Å². The fourth-order valence-electron chi connectivity index (χ4n) is 0.896. The number of hydrogen-bond donors (Lipinski definition) is 5. The molecule has 0 bridgehead atoms. The van der Waals surface area contributed by atoms with E-state index in [1.165, 1.54) is 0 Å². The minimum absolute atomic E-state index is 0.251. The first-order valence-corrected chi connectivity index (χ1v) is 4.45. The van der Waals surface area contributed by atoms with Gasteiger partial charge in [-0.25, -0.2) is 0 Å². The van der Waals surface area contributed by atoms with Gasteiger partial charge in [0.05, 0.1) is 6.10 Å². The molecule has 0 aromatic rings. The zero-order valence-corrected chi connectivity index (χ0v) is 8.41. The van der Waals surface area contributed by atoms with Crippen LogP contribution >= 0.6 is 0 Å². The normalized spacial score (nSPS) is 19.1. The zero-order chi connectivity index (χ0) is 12.0. The maximum atomic E-state index is 10.4. The molecule has 15 heavy (non-hydrogen) atoms. The predicted molar refractivity (Wildman–Crippen MR) is 49.7 cm³/mol. The van der Waals surface area contributed by atoms with E-state index < -0.39 is 37.0 Å². The molecule has 0 fully saturated rings. The summed E-state index contributed by atoms with van der Waals surface area (Å²) < 4.78 is 4.42. The lowest BCUT2D eigenvalue weighted by molar-refractivity contribution is -0.152. The molecule has 0 aromatic carbocycles. The van der Waals surface area contributed by atoms with Crippen molar-refractivity contribution >= 4 is 5.97 Å². The van der Waals surface area contributed by atoms with Crippen molar-refractivity contribution in [2.24, 2.45) is 5.73 Å². The van der Waals surface area contributed by atoms with Gasteiger partial charge < -0.3 is 30.9 Å². The third-order valence-electron chi connectivity index (χ3n) is 1.84. The molecule has 4 atom stereocenters. The van der Waals surface area contributed by atoms with E-state index in [1.54, 1.807) is 0 Å². The van der Waals surface area contributed by atoms with Gasteiger partial charge in [0.1, 0.15) is 24.9 Å². The Morgan fingerprint density at radius 3 is 2.07 bits per heavy atom. The van der Waals surface area contributed by atoms with Gasteiger partial charge in [-0.2, -0.15) is 0 Å². The summed E-state index contributed by atoms with van der Waals surface area (Å²) in [6.07, 6.45) is -6.01. The molecule has 0 rings (SSSR count). The van der Waals surface area contributed by atoms with E-state index in [1.807, 2.05) is 0 Å². The van der Waals surface area contributed by atoms with E-state index in [2.05, 4.69) is 4.74 Å². The second kappa shape index (κ2) is 6.70. The van der Waals surface area contributed by atoms with Gasteiger partial charge in [0.25, 0.3) is 0 Å². The second-order valence-corrected chi connectivity index (χ2v) is 3.15. The van der Waals surface area contributed by atoms with E-state index in [9.17, 15) is 20.1 Å². The van der Waals surface area contributed by atoms with Crippen molar-refractivity contribution in [3.8, 4) is 0 Å². The smallest absolute Gasteiger partial charge is 0.302 e. The van der Waals surface area contributed by atoms with Crippen LogP contribution in [0.5, 0.6) is 0 Å². The van der Waals surface area contributed by atoms with Crippen LogP contribution in [-0.4, -0.2) is 64.0 Å². The molecule has 0 amide bonds. The summed E-state index contributed by atoms with van der Waals surface area (Å²) >= 11 is 0. The number of rotatable bonds is 6. The van der Waals surface area contributed by atoms with Crippen LogP contribution < -0.4 is 5.73 Å². The fourth-order valence-corrected chi connectivity index (χ4v) is 0.896. The maximum Gasteiger partial charge on any atom is 0.302 e. The summed E-state index contributed by atoms with van der Waals surface area (Å²) in [4.78, 5) is 10.4. The Balaban J connectivity index is 4.06. The van der Waals surface area contributed by atoms with Crippen molar-refractivity contribution in [3.63, 3.8) is 0 Å². The third-order valence-corrected chi connectivity index (χ3v) is 1.84.